The summed E-state index contributed by atoms with van der Waals surface area (Å²) in [6, 6.07) is 12.0. The molecule has 166 valence electrons. The fourth-order valence-electron chi connectivity index (χ4n) is 3.75. The highest BCUT2D eigenvalue weighted by molar-refractivity contribution is 7.92. The molecular weight excluding hydrogens is 441 g/mol. The molecule has 4 unspecified atom stereocenters. The number of nitrogens with zero attached hydrogens (tertiary/aromatic N) is 2. The molecule has 1 aliphatic rings. The van der Waals surface area contributed by atoms with E-state index < -0.39 is 34.2 Å². The SMILES string of the molecule is CN(C)C(=O)C(N)C1CCN(Cc2ccc(F)c(Cl)c2)C(=O)C1[S+]([O-])c1ccccc1. The number of rotatable bonds is 6. The van der Waals surface area contributed by atoms with Gasteiger partial charge in [-0.25, -0.2) is 4.39 Å². The number of carbonyl (C=O) groups excluding carboxylic acids is 2. The number of hydrogen-bond acceptors (Lipinski definition) is 4. The fourth-order valence-corrected chi connectivity index (χ4v) is 5.62. The third-order valence-corrected chi connectivity index (χ3v) is 7.47. The summed E-state index contributed by atoms with van der Waals surface area (Å²) < 4.78 is 26.9. The Bertz CT molecular complexity index is 947. The highest BCUT2D eigenvalue weighted by atomic mass is 35.5. The van der Waals surface area contributed by atoms with Gasteiger partial charge in [-0.15, -0.1) is 0 Å². The maximum Gasteiger partial charge on any atom is 0.276 e. The molecular formula is C22H25ClFN3O3S. The summed E-state index contributed by atoms with van der Waals surface area (Å²) in [4.78, 5) is 29.4. The van der Waals surface area contributed by atoms with Gasteiger partial charge in [-0.2, -0.15) is 0 Å². The summed E-state index contributed by atoms with van der Waals surface area (Å²) >= 11 is 4.18. The van der Waals surface area contributed by atoms with Gasteiger partial charge >= 0.3 is 0 Å². The van der Waals surface area contributed by atoms with Crippen molar-refractivity contribution in [2.24, 2.45) is 11.7 Å². The summed E-state index contributed by atoms with van der Waals surface area (Å²) in [6.45, 7) is 0.542. The lowest BCUT2D eigenvalue weighted by Gasteiger charge is -2.40. The highest BCUT2D eigenvalue weighted by Gasteiger charge is 2.49. The molecule has 6 nitrogen and oxygen atoms in total. The van der Waals surface area contributed by atoms with E-state index in [0.717, 1.165) is 0 Å². The van der Waals surface area contributed by atoms with Crippen LogP contribution in [0.25, 0.3) is 0 Å². The molecule has 2 aromatic rings. The molecule has 0 radical (unpaired) electrons. The molecule has 31 heavy (non-hydrogen) atoms. The maximum absolute atomic E-state index is 13.5. The highest BCUT2D eigenvalue weighted by Crippen LogP contribution is 2.32. The minimum atomic E-state index is -1.70. The topological polar surface area (TPSA) is 89.7 Å². The first-order valence-electron chi connectivity index (χ1n) is 9.85. The van der Waals surface area contributed by atoms with Crippen LogP contribution >= 0.6 is 11.6 Å². The van der Waals surface area contributed by atoms with Gasteiger partial charge in [0.1, 0.15) is 5.82 Å². The molecule has 1 aliphatic heterocycles. The number of hydrogen-bond donors (Lipinski definition) is 1. The van der Waals surface area contributed by atoms with Crippen molar-refractivity contribution in [2.45, 2.75) is 29.2 Å². The summed E-state index contributed by atoms with van der Waals surface area (Å²) in [5.41, 5.74) is 6.90. The molecule has 0 bridgehead atoms. The van der Waals surface area contributed by atoms with Crippen LogP contribution in [-0.2, 0) is 27.3 Å². The Morgan fingerprint density at radius 1 is 1.32 bits per heavy atom. The number of piperidine rings is 1. The van der Waals surface area contributed by atoms with Crippen molar-refractivity contribution in [3.63, 3.8) is 0 Å². The molecule has 0 aromatic heterocycles. The Kier molecular flexibility index (Phi) is 7.59. The third kappa shape index (κ3) is 5.20. The second-order valence-corrected chi connectivity index (χ2v) is 9.73. The van der Waals surface area contributed by atoms with E-state index in [1.165, 1.54) is 17.0 Å². The van der Waals surface area contributed by atoms with E-state index in [1.54, 1.807) is 55.4 Å². The number of likely N-dealkylation sites (N-methyl/N-ethyl adjacent to an activating group) is 1. The Hall–Kier alpha value is -2.13. The quantitative estimate of drug-likeness (QED) is 0.663. The van der Waals surface area contributed by atoms with Crippen molar-refractivity contribution in [2.75, 3.05) is 20.6 Å². The van der Waals surface area contributed by atoms with Crippen molar-refractivity contribution in [1.82, 2.24) is 9.80 Å². The Balaban J connectivity index is 1.90. The van der Waals surface area contributed by atoms with Crippen LogP contribution < -0.4 is 5.73 Å². The van der Waals surface area contributed by atoms with Crippen molar-refractivity contribution >= 4 is 34.6 Å². The van der Waals surface area contributed by atoms with Gasteiger partial charge in [0.25, 0.3) is 5.91 Å². The van der Waals surface area contributed by atoms with Crippen molar-refractivity contribution in [1.29, 1.82) is 0 Å². The summed E-state index contributed by atoms with van der Waals surface area (Å²) in [7, 11) is 3.20. The monoisotopic (exact) mass is 465 g/mol. The minimum Gasteiger partial charge on any atom is -0.611 e. The predicted molar refractivity (Wildman–Crippen MR) is 118 cm³/mol. The number of amides is 2. The smallest absolute Gasteiger partial charge is 0.276 e. The molecule has 4 atom stereocenters. The van der Waals surface area contributed by atoms with Gasteiger partial charge in [0, 0.05) is 33.1 Å². The molecule has 2 N–H and O–H groups in total. The largest absolute Gasteiger partial charge is 0.611 e. The normalized spacial score (nSPS) is 21.0. The van der Waals surface area contributed by atoms with E-state index in [9.17, 15) is 18.5 Å². The first-order valence-corrected chi connectivity index (χ1v) is 11.4. The second-order valence-electron chi connectivity index (χ2n) is 7.75. The molecule has 0 saturated carbocycles. The molecule has 3 rings (SSSR count). The Labute approximate surface area is 189 Å². The van der Waals surface area contributed by atoms with E-state index >= 15 is 0 Å². The summed E-state index contributed by atoms with van der Waals surface area (Å²) in [5, 5.41) is -0.992. The zero-order chi connectivity index (χ0) is 22.7. The van der Waals surface area contributed by atoms with E-state index in [-0.39, 0.29) is 23.4 Å². The molecule has 9 heteroatoms. The van der Waals surface area contributed by atoms with Crippen LogP contribution in [0.15, 0.2) is 53.4 Å². The fraction of sp³-hybridized carbons (Fsp3) is 0.364. The standard InChI is InChI=1S/C22H25ClFN3O3S/c1-26(2)21(28)19(25)16-10-11-27(13-14-8-9-18(24)17(23)12-14)22(29)20(16)31(30)15-6-4-3-5-7-15/h3-9,12,16,19-20H,10-11,13,25H2,1-2H3. The lowest BCUT2D eigenvalue weighted by molar-refractivity contribution is -0.137. The maximum atomic E-state index is 13.5. The van der Waals surface area contributed by atoms with Gasteiger partial charge in [0.05, 0.1) is 11.1 Å². The number of nitrogens with two attached hydrogens (primary N) is 1. The Morgan fingerprint density at radius 2 is 2.00 bits per heavy atom. The van der Waals surface area contributed by atoms with Gasteiger partial charge in [-0.3, -0.25) is 9.59 Å². The van der Waals surface area contributed by atoms with Crippen LogP contribution in [0, 0.1) is 11.7 Å². The number of likely N-dealkylation sites (tertiary alicyclic amines) is 1. The van der Waals surface area contributed by atoms with Crippen LogP contribution in [0.4, 0.5) is 4.39 Å². The second kappa shape index (κ2) is 9.99. The molecule has 1 saturated heterocycles. The first-order chi connectivity index (χ1) is 14.7. The van der Waals surface area contributed by atoms with Gasteiger partial charge in [0.2, 0.25) is 11.2 Å². The van der Waals surface area contributed by atoms with E-state index in [1.807, 2.05) is 0 Å². The van der Waals surface area contributed by atoms with E-state index in [0.29, 0.717) is 23.4 Å². The van der Waals surface area contributed by atoms with Crippen molar-refractivity contribution in [3.8, 4) is 0 Å². The first kappa shape index (κ1) is 23.5. The number of benzene rings is 2. The van der Waals surface area contributed by atoms with E-state index in [4.69, 9.17) is 17.3 Å². The van der Waals surface area contributed by atoms with Gasteiger partial charge < -0.3 is 20.1 Å². The summed E-state index contributed by atoms with van der Waals surface area (Å²) in [6.07, 6.45) is 0.421. The van der Waals surface area contributed by atoms with Crippen LogP contribution in [0.1, 0.15) is 12.0 Å². The molecule has 0 spiro atoms. The van der Waals surface area contributed by atoms with Crippen molar-refractivity contribution < 1.29 is 18.5 Å². The Morgan fingerprint density at radius 3 is 2.61 bits per heavy atom. The third-order valence-electron chi connectivity index (χ3n) is 5.43. The van der Waals surface area contributed by atoms with Gasteiger partial charge in [0.15, 0.2) is 4.90 Å². The predicted octanol–water partition coefficient (Wildman–Crippen LogP) is 2.42. The van der Waals surface area contributed by atoms with Crippen molar-refractivity contribution in [3.05, 3.63) is 64.9 Å². The zero-order valence-electron chi connectivity index (χ0n) is 17.3. The van der Waals surface area contributed by atoms with Crippen LogP contribution in [0.3, 0.4) is 0 Å². The average molecular weight is 466 g/mol. The number of halogens is 2. The average Bonchev–Trinajstić information content (AvgIpc) is 2.76. The molecule has 2 amide bonds. The minimum absolute atomic E-state index is 0.0251. The molecule has 1 fully saturated rings. The molecule has 0 aliphatic carbocycles. The lowest BCUT2D eigenvalue weighted by atomic mass is 9.88. The van der Waals surface area contributed by atoms with Crippen LogP contribution in [0.5, 0.6) is 0 Å². The molecule has 2 aromatic carbocycles. The van der Waals surface area contributed by atoms with Gasteiger partial charge in [-0.05, 0) is 47.4 Å². The summed E-state index contributed by atoms with van der Waals surface area (Å²) in [5.74, 6) is -1.77. The van der Waals surface area contributed by atoms with E-state index in [2.05, 4.69) is 0 Å². The van der Waals surface area contributed by atoms with Crippen LogP contribution in [0.2, 0.25) is 5.02 Å². The van der Waals surface area contributed by atoms with Gasteiger partial charge in [-0.1, -0.05) is 35.9 Å². The molecule has 1 heterocycles. The number of carbonyl (C=O) groups is 2. The zero-order valence-corrected chi connectivity index (χ0v) is 18.9. The van der Waals surface area contributed by atoms with Crippen LogP contribution in [-0.4, -0.2) is 58.1 Å². The lowest BCUT2D eigenvalue weighted by Crippen LogP contribution is -2.59.